The first-order valence-electron chi connectivity index (χ1n) is 12.2. The molecule has 4 aromatic carbocycles. The molecule has 0 spiro atoms. The lowest BCUT2D eigenvalue weighted by molar-refractivity contribution is -0.138. The molecule has 0 aliphatic carbocycles. The molecular weight excluding hydrogens is 578 g/mol. The first-order valence-corrected chi connectivity index (χ1v) is 12.2. The second kappa shape index (κ2) is 12.1. The third kappa shape index (κ3) is 7.80. The van der Waals surface area contributed by atoms with Gasteiger partial charge in [0.15, 0.2) is 0 Å². The number of rotatable bonds is 5. The number of hydrogen-bond acceptors (Lipinski definition) is 3. The summed E-state index contributed by atoms with van der Waals surface area (Å²) in [6, 6.07) is 17.4. The molecule has 0 saturated carbocycles. The maximum atomic E-state index is 12.9. The summed E-state index contributed by atoms with van der Waals surface area (Å²) in [4.78, 5) is 36.7. The number of aromatic carboxylic acids is 1. The number of carbonyl (C=O) groups is 3. The van der Waals surface area contributed by atoms with E-state index in [1.54, 1.807) is 0 Å². The third-order valence-corrected chi connectivity index (χ3v) is 5.92. The van der Waals surface area contributed by atoms with Crippen LogP contribution in [0.4, 0.5) is 37.7 Å². The zero-order valence-electron chi connectivity index (χ0n) is 21.6. The Hall–Kier alpha value is -5.57. The summed E-state index contributed by atoms with van der Waals surface area (Å²) in [5, 5.41) is 14.5. The molecule has 4 rings (SSSR count). The Bertz CT molecular complexity index is 1750. The quantitative estimate of drug-likeness (QED) is 0.166. The summed E-state index contributed by atoms with van der Waals surface area (Å²) >= 11 is 0. The van der Waals surface area contributed by atoms with Crippen molar-refractivity contribution < 1.29 is 45.8 Å². The molecule has 6 nitrogen and oxygen atoms in total. The molecule has 0 unspecified atom stereocenters. The van der Waals surface area contributed by atoms with Gasteiger partial charge in [-0.15, -0.1) is 0 Å². The summed E-state index contributed by atoms with van der Waals surface area (Å²) in [5.41, 5.74) is -1.54. The van der Waals surface area contributed by atoms with Crippen LogP contribution >= 0.6 is 0 Å². The number of benzene rings is 4. The highest BCUT2D eigenvalue weighted by Gasteiger charge is 2.31. The average molecular weight is 596 g/mol. The van der Waals surface area contributed by atoms with Gasteiger partial charge in [0.25, 0.3) is 11.8 Å². The third-order valence-electron chi connectivity index (χ3n) is 5.92. The summed E-state index contributed by atoms with van der Waals surface area (Å²) in [6.07, 6.45) is -9.17. The Balaban J connectivity index is 1.45. The Morgan fingerprint density at radius 3 is 1.79 bits per heavy atom. The molecule has 3 N–H and O–H groups in total. The molecule has 43 heavy (non-hydrogen) atoms. The van der Waals surface area contributed by atoms with Crippen LogP contribution in [-0.2, 0) is 12.4 Å². The Kier molecular flexibility index (Phi) is 8.56. The van der Waals surface area contributed by atoms with Crippen molar-refractivity contribution in [2.45, 2.75) is 12.4 Å². The first kappa shape index (κ1) is 30.4. The van der Waals surface area contributed by atoms with Gasteiger partial charge < -0.3 is 15.7 Å². The van der Waals surface area contributed by atoms with Crippen LogP contribution in [0.15, 0.2) is 91.0 Å². The van der Waals surface area contributed by atoms with Gasteiger partial charge in [-0.05, 0) is 84.9 Å². The van der Waals surface area contributed by atoms with E-state index in [-0.39, 0.29) is 27.9 Å². The number of anilines is 2. The van der Waals surface area contributed by atoms with Crippen LogP contribution in [0, 0.1) is 11.8 Å². The van der Waals surface area contributed by atoms with E-state index >= 15 is 0 Å². The van der Waals surface area contributed by atoms with Gasteiger partial charge in [0, 0.05) is 27.9 Å². The van der Waals surface area contributed by atoms with Gasteiger partial charge in [-0.2, -0.15) is 26.3 Å². The topological polar surface area (TPSA) is 95.5 Å². The molecule has 4 aromatic rings. The Labute approximate surface area is 240 Å². The fourth-order valence-electron chi connectivity index (χ4n) is 3.73. The molecular formula is C31H18F6N2O4. The average Bonchev–Trinajstić information content (AvgIpc) is 2.96. The van der Waals surface area contributed by atoms with Crippen molar-refractivity contribution >= 4 is 29.2 Å². The summed E-state index contributed by atoms with van der Waals surface area (Å²) < 4.78 is 77.0. The minimum atomic E-state index is -4.59. The van der Waals surface area contributed by atoms with Crippen molar-refractivity contribution in [2.24, 2.45) is 0 Å². The lowest BCUT2D eigenvalue weighted by Crippen LogP contribution is -2.15. The monoisotopic (exact) mass is 596 g/mol. The van der Waals surface area contributed by atoms with E-state index in [0.717, 1.165) is 42.5 Å². The predicted molar refractivity (Wildman–Crippen MR) is 145 cm³/mol. The molecule has 0 aliphatic heterocycles. The highest BCUT2D eigenvalue weighted by Crippen LogP contribution is 2.30. The molecule has 0 bridgehead atoms. The summed E-state index contributed by atoms with van der Waals surface area (Å²) in [7, 11) is 0. The molecule has 0 saturated heterocycles. The number of hydrogen-bond donors (Lipinski definition) is 3. The SMILES string of the molecule is O=C(Nc1ccc(C#Cc2ccc(NC(=O)c3ccc(C(F)(F)F)cc3)c(C(=O)O)c2)cc1)c1cccc(C(F)(F)F)c1. The standard InChI is InChI=1S/C31H18F6N2O4/c32-30(33,34)22-11-9-20(10-12-22)27(40)39-26-15-8-19(16-25(26)29(42)43)5-4-18-6-13-24(14-7-18)38-28(41)21-2-1-3-23(17-21)31(35,36)37/h1-3,6-17H,(H,38,41)(H,39,40)(H,42,43). The molecule has 218 valence electrons. The van der Waals surface area contributed by atoms with Crippen LogP contribution in [0.1, 0.15) is 53.3 Å². The van der Waals surface area contributed by atoms with Crippen molar-refractivity contribution in [3.8, 4) is 11.8 Å². The normalized spacial score (nSPS) is 11.2. The number of carbonyl (C=O) groups excluding carboxylic acids is 2. The molecule has 12 heteroatoms. The van der Waals surface area contributed by atoms with Gasteiger partial charge in [0.2, 0.25) is 0 Å². The molecule has 2 amide bonds. The largest absolute Gasteiger partial charge is 0.478 e. The number of carboxylic acids is 1. The molecule has 0 radical (unpaired) electrons. The maximum absolute atomic E-state index is 12.9. The highest BCUT2D eigenvalue weighted by atomic mass is 19.4. The van der Waals surface area contributed by atoms with E-state index in [4.69, 9.17) is 0 Å². The zero-order valence-corrected chi connectivity index (χ0v) is 21.6. The maximum Gasteiger partial charge on any atom is 0.416 e. The Morgan fingerprint density at radius 2 is 1.19 bits per heavy atom. The van der Waals surface area contributed by atoms with Crippen LogP contribution in [0.2, 0.25) is 0 Å². The van der Waals surface area contributed by atoms with E-state index in [1.165, 1.54) is 48.5 Å². The number of amides is 2. The lowest BCUT2D eigenvalue weighted by Gasteiger charge is -2.10. The zero-order chi connectivity index (χ0) is 31.4. The van der Waals surface area contributed by atoms with Crippen LogP contribution in [0.25, 0.3) is 0 Å². The van der Waals surface area contributed by atoms with E-state index in [2.05, 4.69) is 22.5 Å². The second-order valence-corrected chi connectivity index (χ2v) is 8.95. The van der Waals surface area contributed by atoms with Crippen molar-refractivity contribution in [1.82, 2.24) is 0 Å². The molecule has 0 fully saturated rings. The van der Waals surface area contributed by atoms with Crippen LogP contribution in [0.5, 0.6) is 0 Å². The molecule has 0 aromatic heterocycles. The highest BCUT2D eigenvalue weighted by molar-refractivity contribution is 6.08. The minimum Gasteiger partial charge on any atom is -0.478 e. The van der Waals surface area contributed by atoms with Gasteiger partial charge in [-0.25, -0.2) is 4.79 Å². The van der Waals surface area contributed by atoms with Crippen molar-refractivity contribution in [1.29, 1.82) is 0 Å². The van der Waals surface area contributed by atoms with E-state index in [9.17, 15) is 45.8 Å². The summed E-state index contributed by atoms with van der Waals surface area (Å²) in [6.45, 7) is 0. The number of alkyl halides is 6. The van der Waals surface area contributed by atoms with Crippen LogP contribution in [-0.4, -0.2) is 22.9 Å². The molecule has 0 heterocycles. The smallest absolute Gasteiger partial charge is 0.416 e. The lowest BCUT2D eigenvalue weighted by atomic mass is 10.1. The fraction of sp³-hybridized carbons (Fsp3) is 0.0645. The van der Waals surface area contributed by atoms with E-state index in [0.29, 0.717) is 11.3 Å². The minimum absolute atomic E-state index is 0.0937. The van der Waals surface area contributed by atoms with Crippen molar-refractivity contribution in [2.75, 3.05) is 10.6 Å². The van der Waals surface area contributed by atoms with Crippen LogP contribution < -0.4 is 10.6 Å². The predicted octanol–water partition coefficient (Wildman–Crippen LogP) is 7.33. The van der Waals surface area contributed by atoms with Crippen molar-refractivity contribution in [3.05, 3.63) is 130 Å². The van der Waals surface area contributed by atoms with Gasteiger partial charge in [-0.3, -0.25) is 9.59 Å². The van der Waals surface area contributed by atoms with Crippen molar-refractivity contribution in [3.63, 3.8) is 0 Å². The van der Waals surface area contributed by atoms with Gasteiger partial charge in [0.1, 0.15) is 0 Å². The number of nitrogens with one attached hydrogen (secondary N) is 2. The Morgan fingerprint density at radius 1 is 0.605 bits per heavy atom. The molecule has 0 aliphatic rings. The van der Waals surface area contributed by atoms with Gasteiger partial charge >= 0.3 is 18.3 Å². The molecule has 0 atom stereocenters. The second-order valence-electron chi connectivity index (χ2n) is 8.95. The number of carboxylic acid groups (broad SMARTS) is 1. The van der Waals surface area contributed by atoms with E-state index < -0.39 is 41.3 Å². The summed E-state index contributed by atoms with van der Waals surface area (Å²) in [5.74, 6) is 2.64. The first-order chi connectivity index (χ1) is 20.2. The van der Waals surface area contributed by atoms with E-state index in [1.807, 2.05) is 0 Å². The number of halogens is 6. The van der Waals surface area contributed by atoms with Gasteiger partial charge in [-0.1, -0.05) is 17.9 Å². The fourth-order valence-corrected chi connectivity index (χ4v) is 3.73. The van der Waals surface area contributed by atoms with Crippen LogP contribution in [0.3, 0.4) is 0 Å². The van der Waals surface area contributed by atoms with Gasteiger partial charge in [0.05, 0.1) is 22.4 Å².